The predicted molar refractivity (Wildman–Crippen MR) is 95.8 cm³/mol. The summed E-state index contributed by atoms with van der Waals surface area (Å²) in [4.78, 5) is 15.8. The third-order valence-electron chi connectivity index (χ3n) is 4.17. The molecule has 2 rings (SSSR count). The summed E-state index contributed by atoms with van der Waals surface area (Å²) >= 11 is 11.9. The van der Waals surface area contributed by atoms with Crippen LogP contribution in [0.4, 0.5) is 0 Å². The van der Waals surface area contributed by atoms with Gasteiger partial charge in [-0.1, -0.05) is 23.2 Å². The van der Waals surface area contributed by atoms with Gasteiger partial charge in [0.05, 0.1) is 5.02 Å². The molecule has 1 saturated heterocycles. The minimum absolute atomic E-state index is 0.0925. The Hall–Kier alpha value is -1.01. The zero-order valence-electron chi connectivity index (χ0n) is 14.0. The lowest BCUT2D eigenvalue weighted by atomic mass is 9.95. The zero-order chi connectivity index (χ0) is 17.7. The summed E-state index contributed by atoms with van der Waals surface area (Å²) in [5.41, 5.74) is 0. The van der Waals surface area contributed by atoms with Crippen molar-refractivity contribution in [2.75, 3.05) is 40.3 Å². The molecule has 0 aromatic heterocycles. The summed E-state index contributed by atoms with van der Waals surface area (Å²) in [6.07, 6.45) is 1.02. The van der Waals surface area contributed by atoms with E-state index in [0.29, 0.717) is 22.3 Å². The number of rotatable bonds is 6. The van der Waals surface area contributed by atoms with Crippen molar-refractivity contribution in [3.8, 4) is 5.75 Å². The van der Waals surface area contributed by atoms with E-state index in [1.54, 1.807) is 37.2 Å². The summed E-state index contributed by atoms with van der Waals surface area (Å²) in [7, 11) is 3.58. The van der Waals surface area contributed by atoms with Gasteiger partial charge in [-0.2, -0.15) is 0 Å². The topological polar surface area (TPSA) is 53.0 Å². The summed E-state index contributed by atoms with van der Waals surface area (Å²) in [6, 6.07) is 4.99. The second-order valence-electron chi connectivity index (χ2n) is 6.35. The lowest BCUT2D eigenvalue weighted by Crippen LogP contribution is -2.43. The maximum absolute atomic E-state index is 12.0. The van der Waals surface area contributed by atoms with E-state index >= 15 is 0 Å². The molecular formula is C17H24Cl2N2O3. The molecule has 24 heavy (non-hydrogen) atoms. The number of aliphatic hydroxyl groups is 1. The Balaban J connectivity index is 1.74. The summed E-state index contributed by atoms with van der Waals surface area (Å²) in [6.45, 7) is 2.27. The first-order chi connectivity index (χ1) is 11.4. The Morgan fingerprint density at radius 2 is 2.04 bits per heavy atom. The molecule has 1 fully saturated rings. The van der Waals surface area contributed by atoms with Crippen LogP contribution in [-0.2, 0) is 4.79 Å². The van der Waals surface area contributed by atoms with Crippen molar-refractivity contribution in [3.05, 3.63) is 28.2 Å². The van der Waals surface area contributed by atoms with Crippen LogP contribution in [0.1, 0.15) is 12.8 Å². The molecule has 134 valence electrons. The monoisotopic (exact) mass is 374 g/mol. The molecule has 1 atom stereocenters. The van der Waals surface area contributed by atoms with E-state index in [9.17, 15) is 9.90 Å². The quantitative estimate of drug-likeness (QED) is 0.830. The van der Waals surface area contributed by atoms with Crippen LogP contribution in [0.25, 0.3) is 0 Å². The van der Waals surface area contributed by atoms with E-state index in [1.807, 2.05) is 0 Å². The van der Waals surface area contributed by atoms with E-state index in [-0.39, 0.29) is 18.4 Å². The van der Waals surface area contributed by atoms with Gasteiger partial charge in [0.2, 0.25) is 5.91 Å². The SMILES string of the molecule is CN(C)C(=O)C1CCN(CC(O)COc2cc(Cl)ccc2Cl)CC1. The molecule has 0 bridgehead atoms. The smallest absolute Gasteiger partial charge is 0.225 e. The Morgan fingerprint density at radius 1 is 1.38 bits per heavy atom. The van der Waals surface area contributed by atoms with Crippen LogP contribution in [0.3, 0.4) is 0 Å². The molecule has 1 unspecified atom stereocenters. The number of hydrogen-bond acceptors (Lipinski definition) is 4. The number of aliphatic hydroxyl groups excluding tert-OH is 1. The lowest BCUT2D eigenvalue weighted by molar-refractivity contribution is -0.134. The van der Waals surface area contributed by atoms with Gasteiger partial charge in [-0.25, -0.2) is 0 Å². The van der Waals surface area contributed by atoms with Gasteiger partial charge in [0, 0.05) is 37.6 Å². The fraction of sp³-hybridized carbons (Fsp3) is 0.588. The molecule has 1 heterocycles. The number of halogens is 2. The molecule has 1 aromatic carbocycles. The fourth-order valence-corrected chi connectivity index (χ4v) is 3.19. The van der Waals surface area contributed by atoms with Gasteiger partial charge in [-0.05, 0) is 38.1 Å². The summed E-state index contributed by atoms with van der Waals surface area (Å²) < 4.78 is 5.56. The second-order valence-corrected chi connectivity index (χ2v) is 7.19. The maximum Gasteiger partial charge on any atom is 0.225 e. The van der Waals surface area contributed by atoms with Gasteiger partial charge < -0.3 is 19.6 Å². The molecule has 5 nitrogen and oxygen atoms in total. The average Bonchev–Trinajstić information content (AvgIpc) is 2.55. The van der Waals surface area contributed by atoms with E-state index in [0.717, 1.165) is 25.9 Å². The molecule has 1 aliphatic heterocycles. The van der Waals surface area contributed by atoms with Crippen molar-refractivity contribution >= 4 is 29.1 Å². The molecule has 1 amide bonds. The van der Waals surface area contributed by atoms with Crippen LogP contribution in [0.5, 0.6) is 5.75 Å². The van der Waals surface area contributed by atoms with E-state index in [1.165, 1.54) is 0 Å². The highest BCUT2D eigenvalue weighted by atomic mass is 35.5. The lowest BCUT2D eigenvalue weighted by Gasteiger charge is -2.33. The van der Waals surface area contributed by atoms with Crippen LogP contribution in [0.15, 0.2) is 18.2 Å². The van der Waals surface area contributed by atoms with Gasteiger partial charge in [-0.3, -0.25) is 4.79 Å². The molecule has 0 aliphatic carbocycles. The number of carbonyl (C=O) groups excluding carboxylic acids is 1. The fourth-order valence-electron chi connectivity index (χ4n) is 2.85. The third kappa shape index (κ3) is 5.52. The number of piperidine rings is 1. The molecule has 0 saturated carbocycles. The van der Waals surface area contributed by atoms with Crippen LogP contribution in [-0.4, -0.2) is 67.3 Å². The molecule has 1 aromatic rings. The highest BCUT2D eigenvalue weighted by Gasteiger charge is 2.26. The summed E-state index contributed by atoms with van der Waals surface area (Å²) in [5.74, 6) is 0.752. The van der Waals surface area contributed by atoms with E-state index < -0.39 is 6.10 Å². The Morgan fingerprint density at radius 3 is 2.67 bits per heavy atom. The highest BCUT2D eigenvalue weighted by molar-refractivity contribution is 6.34. The van der Waals surface area contributed by atoms with Gasteiger partial charge in [-0.15, -0.1) is 0 Å². The maximum atomic E-state index is 12.0. The first kappa shape index (κ1) is 19.3. The number of β-amino-alcohol motifs (C(OH)–C–C–N with tert-alkyl or cyclic N) is 1. The first-order valence-corrected chi connectivity index (χ1v) is 8.82. The van der Waals surface area contributed by atoms with Crippen LogP contribution in [0.2, 0.25) is 10.0 Å². The van der Waals surface area contributed by atoms with Crippen LogP contribution >= 0.6 is 23.2 Å². The number of carbonyl (C=O) groups is 1. The number of hydrogen-bond donors (Lipinski definition) is 1. The molecular weight excluding hydrogens is 351 g/mol. The van der Waals surface area contributed by atoms with Crippen LogP contribution < -0.4 is 4.74 Å². The predicted octanol–water partition coefficient (Wildman–Crippen LogP) is 2.53. The van der Waals surface area contributed by atoms with Gasteiger partial charge in [0.25, 0.3) is 0 Å². The second kappa shape index (κ2) is 8.90. The molecule has 1 N–H and O–H groups in total. The number of ether oxygens (including phenoxy) is 1. The number of nitrogens with zero attached hydrogens (tertiary/aromatic N) is 2. The first-order valence-electron chi connectivity index (χ1n) is 8.06. The standard InChI is InChI=1S/C17H24Cl2N2O3/c1-20(2)17(23)12-5-7-21(8-6-12)10-14(22)11-24-16-9-13(18)3-4-15(16)19/h3-4,9,12,14,22H,5-8,10-11H2,1-2H3. The zero-order valence-corrected chi connectivity index (χ0v) is 15.6. The van der Waals surface area contributed by atoms with Crippen molar-refractivity contribution in [1.82, 2.24) is 9.80 Å². The number of amides is 1. The normalized spacial score (nSPS) is 17.5. The van der Waals surface area contributed by atoms with Crippen molar-refractivity contribution in [1.29, 1.82) is 0 Å². The van der Waals surface area contributed by atoms with Crippen molar-refractivity contribution in [2.45, 2.75) is 18.9 Å². The summed E-state index contributed by atoms with van der Waals surface area (Å²) in [5, 5.41) is 11.2. The molecule has 0 spiro atoms. The Kier molecular flexibility index (Phi) is 7.16. The number of likely N-dealkylation sites (tertiary alicyclic amines) is 1. The molecule has 7 heteroatoms. The third-order valence-corrected chi connectivity index (χ3v) is 4.72. The molecule has 1 aliphatic rings. The Labute approximate surface area is 153 Å². The van der Waals surface area contributed by atoms with Gasteiger partial charge >= 0.3 is 0 Å². The highest BCUT2D eigenvalue weighted by Crippen LogP contribution is 2.27. The van der Waals surface area contributed by atoms with E-state index in [2.05, 4.69) is 4.90 Å². The van der Waals surface area contributed by atoms with Crippen LogP contribution in [0, 0.1) is 5.92 Å². The minimum atomic E-state index is -0.624. The largest absolute Gasteiger partial charge is 0.489 e. The van der Waals surface area contributed by atoms with E-state index in [4.69, 9.17) is 27.9 Å². The number of benzene rings is 1. The van der Waals surface area contributed by atoms with Crippen molar-refractivity contribution in [3.63, 3.8) is 0 Å². The molecule has 0 radical (unpaired) electrons. The van der Waals surface area contributed by atoms with Crippen molar-refractivity contribution in [2.24, 2.45) is 5.92 Å². The van der Waals surface area contributed by atoms with Gasteiger partial charge in [0.15, 0.2) is 0 Å². The Bertz CT molecular complexity index is 561. The minimum Gasteiger partial charge on any atom is -0.489 e. The van der Waals surface area contributed by atoms with Crippen molar-refractivity contribution < 1.29 is 14.6 Å². The van der Waals surface area contributed by atoms with Gasteiger partial charge in [0.1, 0.15) is 18.5 Å². The average molecular weight is 375 g/mol.